The van der Waals surface area contributed by atoms with Crippen molar-refractivity contribution < 1.29 is 18.7 Å². The molecule has 1 fully saturated rings. The molecule has 1 aromatic heterocycles. The average molecular weight is 425 g/mol. The first-order valence-electron chi connectivity index (χ1n) is 10.3. The molecule has 162 valence electrons. The molecule has 2 aromatic carbocycles. The number of carbonyl (C=O) groups excluding carboxylic acids is 1. The molecule has 0 spiro atoms. The van der Waals surface area contributed by atoms with Gasteiger partial charge >= 0.3 is 6.03 Å². The number of carbonyl (C=O) groups is 1. The Hall–Kier alpha value is -3.17. The van der Waals surface area contributed by atoms with Crippen molar-refractivity contribution in [3.63, 3.8) is 0 Å². The zero-order valence-electron chi connectivity index (χ0n) is 17.2. The molecule has 8 nitrogen and oxygen atoms in total. The summed E-state index contributed by atoms with van der Waals surface area (Å²) in [5.74, 6) is 0.891. The summed E-state index contributed by atoms with van der Waals surface area (Å²) in [4.78, 5) is 23.0. The zero-order valence-corrected chi connectivity index (χ0v) is 17.2. The summed E-state index contributed by atoms with van der Waals surface area (Å²) in [6.45, 7) is 1.14. The van der Waals surface area contributed by atoms with Gasteiger partial charge in [-0.25, -0.2) is 14.2 Å². The lowest BCUT2D eigenvalue weighted by Gasteiger charge is -2.36. The van der Waals surface area contributed by atoms with Gasteiger partial charge in [-0.05, 0) is 38.1 Å². The quantitative estimate of drug-likeness (QED) is 0.597. The molecule has 5 rings (SSSR count). The maximum absolute atomic E-state index is 13.9. The molecular formula is C22H24FN5O3. The number of halogens is 1. The van der Waals surface area contributed by atoms with Crippen molar-refractivity contribution in [3.8, 4) is 5.75 Å². The number of amides is 2. The SMILES string of the molecule is CN1CC[C@@H](NC(=O)Nc2cc(F)cc3c2OCOC3)C[C@@H]1c1nc2ccccc2[nH]1. The van der Waals surface area contributed by atoms with Gasteiger partial charge in [-0.3, -0.25) is 4.90 Å². The molecule has 2 aliphatic heterocycles. The van der Waals surface area contributed by atoms with Crippen molar-refractivity contribution in [2.75, 3.05) is 25.7 Å². The van der Waals surface area contributed by atoms with Gasteiger partial charge in [-0.15, -0.1) is 0 Å². The minimum absolute atomic E-state index is 0.0388. The van der Waals surface area contributed by atoms with E-state index in [4.69, 9.17) is 14.5 Å². The maximum atomic E-state index is 13.9. The van der Waals surface area contributed by atoms with E-state index in [2.05, 4.69) is 27.6 Å². The van der Waals surface area contributed by atoms with Gasteiger partial charge in [-0.1, -0.05) is 12.1 Å². The van der Waals surface area contributed by atoms with Gasteiger partial charge < -0.3 is 25.1 Å². The van der Waals surface area contributed by atoms with E-state index in [1.165, 1.54) is 12.1 Å². The minimum Gasteiger partial charge on any atom is -0.465 e. The number of urea groups is 1. The molecule has 0 unspecified atom stereocenters. The summed E-state index contributed by atoms with van der Waals surface area (Å²) < 4.78 is 24.6. The summed E-state index contributed by atoms with van der Waals surface area (Å²) in [5.41, 5.74) is 2.81. The number of piperidine rings is 1. The highest BCUT2D eigenvalue weighted by Crippen LogP contribution is 2.34. The Morgan fingerprint density at radius 2 is 2.19 bits per heavy atom. The summed E-state index contributed by atoms with van der Waals surface area (Å²) >= 11 is 0. The Bertz CT molecular complexity index is 1080. The van der Waals surface area contributed by atoms with Gasteiger partial charge in [0, 0.05) is 24.2 Å². The highest BCUT2D eigenvalue weighted by atomic mass is 19.1. The number of imidazole rings is 1. The number of hydrogen-bond acceptors (Lipinski definition) is 5. The van der Waals surface area contributed by atoms with E-state index in [0.29, 0.717) is 17.0 Å². The number of aromatic amines is 1. The molecule has 31 heavy (non-hydrogen) atoms. The number of nitrogens with one attached hydrogen (secondary N) is 3. The topological polar surface area (TPSA) is 91.5 Å². The van der Waals surface area contributed by atoms with E-state index in [9.17, 15) is 9.18 Å². The second-order valence-electron chi connectivity index (χ2n) is 8.01. The predicted molar refractivity (Wildman–Crippen MR) is 113 cm³/mol. The summed E-state index contributed by atoms with van der Waals surface area (Å²) in [6.07, 6.45) is 1.53. The second kappa shape index (κ2) is 8.16. The number of likely N-dealkylation sites (tertiary alicyclic amines) is 1. The molecule has 3 aromatic rings. The Kier molecular flexibility index (Phi) is 5.21. The van der Waals surface area contributed by atoms with Crippen molar-refractivity contribution in [2.45, 2.75) is 31.5 Å². The molecular weight excluding hydrogens is 401 g/mol. The highest BCUT2D eigenvalue weighted by Gasteiger charge is 2.30. The van der Waals surface area contributed by atoms with Crippen molar-refractivity contribution in [1.82, 2.24) is 20.2 Å². The second-order valence-corrected chi connectivity index (χ2v) is 8.01. The summed E-state index contributed by atoms with van der Waals surface area (Å²) in [7, 11) is 2.06. The van der Waals surface area contributed by atoms with E-state index in [-0.39, 0.29) is 31.5 Å². The van der Waals surface area contributed by atoms with Crippen LogP contribution in [0.4, 0.5) is 14.9 Å². The molecule has 3 heterocycles. The van der Waals surface area contributed by atoms with Crippen LogP contribution in [-0.4, -0.2) is 47.3 Å². The fraction of sp³-hybridized carbons (Fsp3) is 0.364. The normalized spacial score (nSPS) is 21.4. The van der Waals surface area contributed by atoms with Gasteiger partial charge in [0.1, 0.15) is 11.6 Å². The number of para-hydroxylation sites is 2. The first-order valence-corrected chi connectivity index (χ1v) is 10.3. The van der Waals surface area contributed by atoms with Crippen LogP contribution in [0.2, 0.25) is 0 Å². The lowest BCUT2D eigenvalue weighted by atomic mass is 9.97. The smallest absolute Gasteiger partial charge is 0.319 e. The minimum atomic E-state index is -0.451. The molecule has 0 saturated carbocycles. The largest absolute Gasteiger partial charge is 0.465 e. The van der Waals surface area contributed by atoms with Crippen LogP contribution in [0.3, 0.4) is 0 Å². The number of nitrogens with zero attached hydrogens (tertiary/aromatic N) is 2. The molecule has 0 radical (unpaired) electrons. The van der Waals surface area contributed by atoms with Crippen LogP contribution < -0.4 is 15.4 Å². The standard InChI is InChI=1S/C22H24FN5O3/c1-28-7-6-15(10-19(28)21-25-16-4-2-3-5-17(16)26-21)24-22(29)27-18-9-14(23)8-13-11-30-12-31-20(13)18/h2-5,8-9,15,19H,6-7,10-12H2,1H3,(H,25,26)(H2,24,27,29)/t15-,19-/m1/s1. The Morgan fingerprint density at radius 1 is 1.32 bits per heavy atom. The molecule has 0 bridgehead atoms. The lowest BCUT2D eigenvalue weighted by molar-refractivity contribution is -0.0160. The number of H-pyrrole nitrogens is 1. The first-order chi connectivity index (χ1) is 15.1. The first kappa shape index (κ1) is 19.8. The Balaban J connectivity index is 1.28. The zero-order chi connectivity index (χ0) is 21.4. The third-order valence-electron chi connectivity index (χ3n) is 5.85. The number of hydrogen-bond donors (Lipinski definition) is 3. The van der Waals surface area contributed by atoms with E-state index in [1.807, 2.05) is 24.3 Å². The van der Waals surface area contributed by atoms with Crippen LogP contribution in [0.1, 0.15) is 30.3 Å². The Morgan fingerprint density at radius 3 is 3.06 bits per heavy atom. The summed E-state index contributed by atoms with van der Waals surface area (Å²) in [6, 6.07) is 10.2. The number of benzene rings is 2. The van der Waals surface area contributed by atoms with E-state index >= 15 is 0 Å². The number of rotatable bonds is 3. The van der Waals surface area contributed by atoms with Gasteiger partial charge in [0.15, 0.2) is 12.5 Å². The van der Waals surface area contributed by atoms with Crippen molar-refractivity contribution in [1.29, 1.82) is 0 Å². The van der Waals surface area contributed by atoms with Crippen molar-refractivity contribution in [2.24, 2.45) is 0 Å². The van der Waals surface area contributed by atoms with Crippen LogP contribution in [0.25, 0.3) is 11.0 Å². The number of aromatic nitrogens is 2. The van der Waals surface area contributed by atoms with Gasteiger partial charge in [0.2, 0.25) is 0 Å². The number of fused-ring (bicyclic) bond motifs is 2. The van der Waals surface area contributed by atoms with Crippen LogP contribution >= 0.6 is 0 Å². The highest BCUT2D eigenvalue weighted by molar-refractivity contribution is 5.91. The fourth-order valence-corrected chi connectivity index (χ4v) is 4.28. The molecule has 2 aliphatic rings. The molecule has 9 heteroatoms. The van der Waals surface area contributed by atoms with E-state index in [1.54, 1.807) is 0 Å². The molecule has 3 N–H and O–H groups in total. The van der Waals surface area contributed by atoms with Crippen LogP contribution in [0.15, 0.2) is 36.4 Å². The van der Waals surface area contributed by atoms with Crippen LogP contribution in [0.5, 0.6) is 5.75 Å². The van der Waals surface area contributed by atoms with Crippen LogP contribution in [0, 0.1) is 5.82 Å². The Labute approximate surface area is 178 Å². The molecule has 0 aliphatic carbocycles. The third-order valence-corrected chi connectivity index (χ3v) is 5.85. The fourth-order valence-electron chi connectivity index (χ4n) is 4.28. The molecule has 2 atom stereocenters. The molecule has 2 amide bonds. The molecule has 1 saturated heterocycles. The van der Waals surface area contributed by atoms with Crippen molar-refractivity contribution >= 4 is 22.8 Å². The van der Waals surface area contributed by atoms with Gasteiger partial charge in [0.25, 0.3) is 0 Å². The van der Waals surface area contributed by atoms with Gasteiger partial charge in [0.05, 0.1) is 29.4 Å². The lowest BCUT2D eigenvalue weighted by Crippen LogP contribution is -2.46. The third kappa shape index (κ3) is 4.06. The monoisotopic (exact) mass is 425 g/mol. The maximum Gasteiger partial charge on any atom is 0.319 e. The summed E-state index contributed by atoms with van der Waals surface area (Å²) in [5, 5.41) is 5.76. The van der Waals surface area contributed by atoms with Crippen molar-refractivity contribution in [3.05, 3.63) is 53.6 Å². The van der Waals surface area contributed by atoms with E-state index < -0.39 is 5.82 Å². The van der Waals surface area contributed by atoms with E-state index in [0.717, 1.165) is 36.2 Å². The number of ether oxygens (including phenoxy) is 2. The number of anilines is 1. The van der Waals surface area contributed by atoms with Gasteiger partial charge in [-0.2, -0.15) is 0 Å². The average Bonchev–Trinajstić information content (AvgIpc) is 3.19. The predicted octanol–water partition coefficient (Wildman–Crippen LogP) is 3.53. The van der Waals surface area contributed by atoms with Crippen LogP contribution in [-0.2, 0) is 11.3 Å².